The minimum absolute atomic E-state index is 0.478. The predicted octanol–water partition coefficient (Wildman–Crippen LogP) is 1.47. The second kappa shape index (κ2) is 4.57. The van der Waals surface area contributed by atoms with Gasteiger partial charge in [0.1, 0.15) is 12.4 Å². The van der Waals surface area contributed by atoms with Gasteiger partial charge in [0.15, 0.2) is 5.82 Å². The van der Waals surface area contributed by atoms with E-state index in [1.165, 1.54) is 0 Å². The fourth-order valence-electron chi connectivity index (χ4n) is 1.89. The number of nitrogens with two attached hydrogens (primary N) is 1. The Labute approximate surface area is 89.9 Å². The zero-order chi connectivity index (χ0) is 10.7. The number of aromatic nitrogens is 2. The highest BCUT2D eigenvalue weighted by molar-refractivity contribution is 5.44. The molecule has 15 heavy (non-hydrogen) atoms. The summed E-state index contributed by atoms with van der Waals surface area (Å²) in [7, 11) is 0. The van der Waals surface area contributed by atoms with Gasteiger partial charge >= 0.3 is 0 Å². The van der Waals surface area contributed by atoms with Gasteiger partial charge in [-0.15, -0.1) is 0 Å². The van der Waals surface area contributed by atoms with Gasteiger partial charge in [0.05, 0.1) is 0 Å². The summed E-state index contributed by atoms with van der Waals surface area (Å²) >= 11 is 0. The Morgan fingerprint density at radius 1 is 1.33 bits per heavy atom. The molecule has 0 unspecified atom stereocenters. The molecule has 0 spiro atoms. The Morgan fingerprint density at radius 2 is 2.20 bits per heavy atom. The highest BCUT2D eigenvalue weighted by Crippen LogP contribution is 2.24. The van der Waals surface area contributed by atoms with Gasteiger partial charge in [-0.3, -0.25) is 0 Å². The van der Waals surface area contributed by atoms with E-state index in [4.69, 9.17) is 10.5 Å². The summed E-state index contributed by atoms with van der Waals surface area (Å²) in [6.45, 7) is 3.31. The van der Waals surface area contributed by atoms with E-state index in [1.807, 2.05) is 0 Å². The predicted molar refractivity (Wildman–Crippen MR) is 58.4 cm³/mol. The van der Waals surface area contributed by atoms with Crippen LogP contribution in [0.2, 0.25) is 0 Å². The monoisotopic (exact) mass is 207 g/mol. The number of rotatable bonds is 4. The molecule has 1 aliphatic rings. The molecule has 0 aromatic carbocycles. The van der Waals surface area contributed by atoms with Crippen LogP contribution in [-0.4, -0.2) is 16.6 Å². The Morgan fingerprint density at radius 3 is 3.00 bits per heavy atom. The molecule has 1 heterocycles. The van der Waals surface area contributed by atoms with Crippen molar-refractivity contribution in [3.63, 3.8) is 0 Å². The van der Waals surface area contributed by atoms with Crippen LogP contribution in [0.5, 0.6) is 0 Å². The van der Waals surface area contributed by atoms with E-state index in [-0.39, 0.29) is 0 Å². The summed E-state index contributed by atoms with van der Waals surface area (Å²) in [4.78, 5) is 8.73. The standard InChI is InChI=1S/C11H17N3O/c1-2-6-15-7-10-13-9-5-3-4-8(9)11(12)14-10/h2-7H2,1H3,(H2,12,13,14). The number of hydrogen-bond donors (Lipinski definition) is 1. The lowest BCUT2D eigenvalue weighted by Gasteiger charge is -2.06. The van der Waals surface area contributed by atoms with E-state index in [9.17, 15) is 0 Å². The molecular weight excluding hydrogens is 190 g/mol. The number of aryl methyl sites for hydroxylation is 1. The maximum absolute atomic E-state index is 5.87. The molecule has 2 rings (SSSR count). The fourth-order valence-corrected chi connectivity index (χ4v) is 1.89. The molecule has 0 saturated carbocycles. The lowest BCUT2D eigenvalue weighted by atomic mass is 10.2. The topological polar surface area (TPSA) is 61.0 Å². The van der Waals surface area contributed by atoms with Gasteiger partial charge in [-0.25, -0.2) is 9.97 Å². The molecule has 1 aromatic rings. The van der Waals surface area contributed by atoms with Crippen LogP contribution in [0, 0.1) is 0 Å². The third-order valence-electron chi connectivity index (χ3n) is 2.59. The number of ether oxygens (including phenoxy) is 1. The molecule has 0 amide bonds. The van der Waals surface area contributed by atoms with Gasteiger partial charge in [0.2, 0.25) is 0 Å². The van der Waals surface area contributed by atoms with Crippen LogP contribution in [0.4, 0.5) is 5.82 Å². The summed E-state index contributed by atoms with van der Waals surface area (Å²) in [5.41, 5.74) is 8.14. The fraction of sp³-hybridized carbons (Fsp3) is 0.636. The van der Waals surface area contributed by atoms with E-state index < -0.39 is 0 Å². The summed E-state index contributed by atoms with van der Waals surface area (Å²) in [6.07, 6.45) is 4.22. The van der Waals surface area contributed by atoms with Crippen molar-refractivity contribution in [3.05, 3.63) is 17.1 Å². The van der Waals surface area contributed by atoms with Crippen molar-refractivity contribution in [1.82, 2.24) is 9.97 Å². The van der Waals surface area contributed by atoms with Crippen LogP contribution in [0.1, 0.15) is 36.8 Å². The molecule has 1 aliphatic carbocycles. The minimum Gasteiger partial charge on any atom is -0.383 e. The van der Waals surface area contributed by atoms with Gasteiger partial charge in [-0.05, 0) is 25.7 Å². The van der Waals surface area contributed by atoms with Crippen molar-refractivity contribution >= 4 is 5.82 Å². The second-order valence-corrected chi connectivity index (χ2v) is 3.86. The summed E-state index contributed by atoms with van der Waals surface area (Å²) in [5.74, 6) is 1.37. The number of nitrogen functional groups attached to an aromatic ring is 1. The summed E-state index contributed by atoms with van der Waals surface area (Å²) in [5, 5.41) is 0. The second-order valence-electron chi connectivity index (χ2n) is 3.86. The number of anilines is 1. The van der Waals surface area contributed by atoms with Crippen molar-refractivity contribution in [1.29, 1.82) is 0 Å². The van der Waals surface area contributed by atoms with Crippen molar-refractivity contribution in [2.75, 3.05) is 12.3 Å². The van der Waals surface area contributed by atoms with Crippen LogP contribution >= 0.6 is 0 Å². The number of fused-ring (bicyclic) bond motifs is 1. The van der Waals surface area contributed by atoms with Crippen LogP contribution in [0.15, 0.2) is 0 Å². The molecule has 0 bridgehead atoms. The van der Waals surface area contributed by atoms with E-state index in [2.05, 4.69) is 16.9 Å². The van der Waals surface area contributed by atoms with Gasteiger partial charge in [-0.2, -0.15) is 0 Å². The van der Waals surface area contributed by atoms with Crippen molar-refractivity contribution in [3.8, 4) is 0 Å². The van der Waals surface area contributed by atoms with Crippen molar-refractivity contribution in [2.24, 2.45) is 0 Å². The third-order valence-corrected chi connectivity index (χ3v) is 2.59. The smallest absolute Gasteiger partial charge is 0.156 e. The lowest BCUT2D eigenvalue weighted by molar-refractivity contribution is 0.116. The van der Waals surface area contributed by atoms with E-state index in [1.54, 1.807) is 0 Å². The first kappa shape index (κ1) is 10.4. The molecular formula is C11H17N3O. The zero-order valence-electron chi connectivity index (χ0n) is 9.12. The molecule has 4 nitrogen and oxygen atoms in total. The number of nitrogens with zero attached hydrogens (tertiary/aromatic N) is 2. The molecule has 0 atom stereocenters. The number of hydrogen-bond acceptors (Lipinski definition) is 4. The van der Waals surface area contributed by atoms with Crippen LogP contribution in [0.3, 0.4) is 0 Å². The first-order chi connectivity index (χ1) is 7.31. The van der Waals surface area contributed by atoms with E-state index in [0.717, 1.165) is 49.4 Å². The van der Waals surface area contributed by atoms with Crippen molar-refractivity contribution in [2.45, 2.75) is 39.2 Å². The maximum atomic E-state index is 5.87. The van der Waals surface area contributed by atoms with E-state index in [0.29, 0.717) is 12.4 Å². The quantitative estimate of drug-likeness (QED) is 0.759. The van der Waals surface area contributed by atoms with Crippen LogP contribution in [0.25, 0.3) is 0 Å². The molecule has 0 radical (unpaired) electrons. The van der Waals surface area contributed by atoms with Gasteiger partial charge in [-0.1, -0.05) is 6.92 Å². The summed E-state index contributed by atoms with van der Waals surface area (Å²) < 4.78 is 5.40. The Hall–Kier alpha value is -1.16. The Kier molecular flexibility index (Phi) is 3.16. The molecule has 1 aromatic heterocycles. The third kappa shape index (κ3) is 2.26. The Balaban J connectivity index is 2.09. The average Bonchev–Trinajstić information content (AvgIpc) is 2.66. The average molecular weight is 207 g/mol. The Bertz CT molecular complexity index is 352. The van der Waals surface area contributed by atoms with Crippen LogP contribution < -0.4 is 5.73 Å². The molecule has 0 saturated heterocycles. The first-order valence-corrected chi connectivity index (χ1v) is 5.53. The first-order valence-electron chi connectivity index (χ1n) is 5.53. The van der Waals surface area contributed by atoms with Crippen LogP contribution in [-0.2, 0) is 24.2 Å². The highest BCUT2D eigenvalue weighted by Gasteiger charge is 2.17. The highest BCUT2D eigenvalue weighted by atomic mass is 16.5. The zero-order valence-corrected chi connectivity index (χ0v) is 9.12. The van der Waals surface area contributed by atoms with Gasteiger partial charge in [0, 0.05) is 17.9 Å². The van der Waals surface area contributed by atoms with Gasteiger partial charge < -0.3 is 10.5 Å². The summed E-state index contributed by atoms with van der Waals surface area (Å²) in [6, 6.07) is 0. The largest absolute Gasteiger partial charge is 0.383 e. The minimum atomic E-state index is 0.478. The normalized spacial score (nSPS) is 14.2. The van der Waals surface area contributed by atoms with E-state index >= 15 is 0 Å². The van der Waals surface area contributed by atoms with Crippen molar-refractivity contribution < 1.29 is 4.74 Å². The van der Waals surface area contributed by atoms with Gasteiger partial charge in [0.25, 0.3) is 0 Å². The molecule has 4 heteroatoms. The molecule has 0 aliphatic heterocycles. The molecule has 82 valence electrons. The SMILES string of the molecule is CCCOCc1nc(N)c2c(n1)CCC2. The molecule has 0 fully saturated rings. The lowest BCUT2D eigenvalue weighted by Crippen LogP contribution is -2.07. The maximum Gasteiger partial charge on any atom is 0.156 e. The molecule has 2 N–H and O–H groups in total.